The number of hydrogen-bond donors (Lipinski definition) is 1. The normalized spacial score (nSPS) is 14.5. The van der Waals surface area contributed by atoms with Crippen molar-refractivity contribution in [2.24, 2.45) is 0 Å². The van der Waals surface area contributed by atoms with Crippen LogP contribution in [-0.4, -0.2) is 27.3 Å². The largest absolute Gasteiger partial charge is 0.347 e. The van der Waals surface area contributed by atoms with E-state index in [9.17, 15) is 4.79 Å². The Kier molecular flexibility index (Phi) is 3.43. The molecule has 0 unspecified atom stereocenters. The average molecular weight is 283 g/mol. The van der Waals surface area contributed by atoms with E-state index < -0.39 is 0 Å². The first-order valence-electron chi connectivity index (χ1n) is 6.32. The molecule has 0 bridgehead atoms. The summed E-state index contributed by atoms with van der Waals surface area (Å²) in [5, 5.41) is 3.07. The molecular weight excluding hydrogens is 270 g/mol. The molecular formula is C15H13N3OS. The lowest BCUT2D eigenvalue weighted by Gasteiger charge is -2.20. The van der Waals surface area contributed by atoms with Gasteiger partial charge in [0.25, 0.3) is 5.91 Å². The van der Waals surface area contributed by atoms with Gasteiger partial charge < -0.3 is 10.2 Å². The molecule has 5 heteroatoms. The highest BCUT2D eigenvalue weighted by atomic mass is 32.1. The number of pyridine rings is 1. The van der Waals surface area contributed by atoms with Gasteiger partial charge >= 0.3 is 0 Å². The van der Waals surface area contributed by atoms with Crippen LogP contribution in [0.2, 0.25) is 0 Å². The van der Waals surface area contributed by atoms with E-state index in [0.29, 0.717) is 29.5 Å². The van der Waals surface area contributed by atoms with Crippen molar-refractivity contribution in [1.82, 2.24) is 9.88 Å². The van der Waals surface area contributed by atoms with Gasteiger partial charge in [-0.25, -0.2) is 4.98 Å². The topological polar surface area (TPSA) is 45.2 Å². The highest BCUT2D eigenvalue weighted by Gasteiger charge is 2.25. The van der Waals surface area contributed by atoms with Gasteiger partial charge in [0.2, 0.25) is 0 Å². The summed E-state index contributed by atoms with van der Waals surface area (Å²) in [5.41, 5.74) is 2.17. The quantitative estimate of drug-likeness (QED) is 0.860. The summed E-state index contributed by atoms with van der Waals surface area (Å²) in [7, 11) is 0. The highest BCUT2D eigenvalue weighted by molar-refractivity contribution is 7.80. The molecule has 1 N–H and O–H groups in total. The molecule has 0 saturated heterocycles. The molecule has 0 radical (unpaired) electrons. The molecule has 0 saturated carbocycles. The van der Waals surface area contributed by atoms with Gasteiger partial charge in [-0.15, -0.1) is 0 Å². The number of amides is 1. The zero-order valence-electron chi connectivity index (χ0n) is 10.7. The van der Waals surface area contributed by atoms with Crippen LogP contribution >= 0.6 is 12.2 Å². The predicted octanol–water partition coefficient (Wildman–Crippen LogP) is 2.48. The van der Waals surface area contributed by atoms with Crippen LogP contribution < -0.4 is 5.32 Å². The van der Waals surface area contributed by atoms with Crippen LogP contribution in [-0.2, 0) is 6.54 Å². The Morgan fingerprint density at radius 3 is 2.80 bits per heavy atom. The number of carbonyl (C=O) groups excluding carboxylic acids is 1. The Hall–Kier alpha value is -2.27. The number of rotatable bonds is 2. The van der Waals surface area contributed by atoms with Crippen LogP contribution in [0.15, 0.2) is 48.7 Å². The third-order valence-corrected chi connectivity index (χ3v) is 3.35. The number of benzene rings is 1. The van der Waals surface area contributed by atoms with Gasteiger partial charge in [0, 0.05) is 12.7 Å². The third kappa shape index (κ3) is 2.53. The molecule has 1 amide bonds. The van der Waals surface area contributed by atoms with E-state index in [1.807, 2.05) is 36.4 Å². The number of anilines is 1. The fourth-order valence-corrected chi connectivity index (χ4v) is 2.46. The summed E-state index contributed by atoms with van der Waals surface area (Å²) in [6, 6.07) is 13.5. The summed E-state index contributed by atoms with van der Waals surface area (Å²) < 4.78 is 0. The molecule has 0 fully saturated rings. The summed E-state index contributed by atoms with van der Waals surface area (Å²) in [6.07, 6.45) is 1.62. The molecule has 0 aliphatic carbocycles. The van der Waals surface area contributed by atoms with Crippen molar-refractivity contribution in [2.45, 2.75) is 6.54 Å². The van der Waals surface area contributed by atoms with Gasteiger partial charge in [0.1, 0.15) is 0 Å². The van der Waals surface area contributed by atoms with E-state index in [4.69, 9.17) is 12.2 Å². The van der Waals surface area contributed by atoms with Crippen molar-refractivity contribution in [2.75, 3.05) is 11.9 Å². The van der Waals surface area contributed by atoms with E-state index in [-0.39, 0.29) is 5.91 Å². The highest BCUT2D eigenvalue weighted by Crippen LogP contribution is 2.19. The van der Waals surface area contributed by atoms with Crippen molar-refractivity contribution in [3.63, 3.8) is 0 Å². The lowest BCUT2D eigenvalue weighted by Crippen LogP contribution is -2.34. The number of nitrogens with one attached hydrogen (secondary N) is 1. The monoisotopic (exact) mass is 283 g/mol. The molecule has 0 spiro atoms. The Balaban J connectivity index is 1.92. The maximum absolute atomic E-state index is 12.6. The number of nitrogens with zero attached hydrogens (tertiary/aromatic N) is 2. The standard InChI is InChI=1S/C15H13N3OS/c19-15-14-12(7-4-8-16-14)17-13(20)10-18(15)9-11-5-2-1-3-6-11/h1-8H,9-10H2,(H,17,20). The zero-order valence-corrected chi connectivity index (χ0v) is 11.6. The number of aromatic nitrogens is 1. The molecule has 4 nitrogen and oxygen atoms in total. The molecule has 0 atom stereocenters. The van der Waals surface area contributed by atoms with Gasteiger partial charge in [0.15, 0.2) is 5.69 Å². The molecule has 1 aromatic carbocycles. The number of carbonyl (C=O) groups is 1. The van der Waals surface area contributed by atoms with Crippen LogP contribution in [0.1, 0.15) is 16.1 Å². The molecule has 1 aromatic heterocycles. The minimum Gasteiger partial charge on any atom is -0.347 e. The fraction of sp³-hybridized carbons (Fsp3) is 0.133. The summed E-state index contributed by atoms with van der Waals surface area (Å²) in [5.74, 6) is -0.100. The second-order valence-electron chi connectivity index (χ2n) is 4.59. The summed E-state index contributed by atoms with van der Waals surface area (Å²) in [4.78, 5) is 19.1. The van der Waals surface area contributed by atoms with Gasteiger partial charge in [-0.3, -0.25) is 4.79 Å². The second kappa shape index (κ2) is 5.38. The molecule has 2 heterocycles. The lowest BCUT2D eigenvalue weighted by molar-refractivity contribution is 0.0767. The molecule has 1 aliphatic heterocycles. The predicted molar refractivity (Wildman–Crippen MR) is 81.6 cm³/mol. The molecule has 20 heavy (non-hydrogen) atoms. The minimum absolute atomic E-state index is 0.100. The van der Waals surface area contributed by atoms with E-state index >= 15 is 0 Å². The fourth-order valence-electron chi connectivity index (χ4n) is 2.19. The number of hydrogen-bond acceptors (Lipinski definition) is 3. The molecule has 3 rings (SSSR count). The average Bonchev–Trinajstić information content (AvgIpc) is 2.58. The second-order valence-corrected chi connectivity index (χ2v) is 5.09. The maximum Gasteiger partial charge on any atom is 0.275 e. The number of thiocarbonyl (C=S) groups is 1. The van der Waals surface area contributed by atoms with Crippen LogP contribution in [0.4, 0.5) is 5.69 Å². The molecule has 2 aromatic rings. The molecule has 1 aliphatic rings. The SMILES string of the molecule is O=C1c2ncccc2NC(=S)CN1Cc1ccccc1. The maximum atomic E-state index is 12.6. The first-order chi connectivity index (χ1) is 9.74. The Morgan fingerprint density at radius 1 is 1.20 bits per heavy atom. The van der Waals surface area contributed by atoms with Gasteiger partial charge in [-0.1, -0.05) is 42.5 Å². The third-order valence-electron chi connectivity index (χ3n) is 3.12. The molecule has 100 valence electrons. The first-order valence-corrected chi connectivity index (χ1v) is 6.73. The Morgan fingerprint density at radius 2 is 2.00 bits per heavy atom. The van der Waals surface area contributed by atoms with Crippen LogP contribution in [0, 0.1) is 0 Å². The lowest BCUT2D eigenvalue weighted by atomic mass is 10.2. The van der Waals surface area contributed by atoms with E-state index in [2.05, 4.69) is 10.3 Å². The summed E-state index contributed by atoms with van der Waals surface area (Å²) in [6.45, 7) is 0.928. The van der Waals surface area contributed by atoms with Gasteiger partial charge in [0.05, 0.1) is 17.2 Å². The van der Waals surface area contributed by atoms with Gasteiger partial charge in [-0.05, 0) is 17.7 Å². The summed E-state index contributed by atoms with van der Waals surface area (Å²) >= 11 is 5.28. The Bertz CT molecular complexity index is 657. The van der Waals surface area contributed by atoms with Crippen molar-refractivity contribution in [3.8, 4) is 0 Å². The van der Waals surface area contributed by atoms with E-state index in [1.165, 1.54) is 0 Å². The zero-order chi connectivity index (χ0) is 13.9. The van der Waals surface area contributed by atoms with Crippen LogP contribution in [0.25, 0.3) is 0 Å². The van der Waals surface area contributed by atoms with E-state index in [1.54, 1.807) is 17.2 Å². The number of fused-ring (bicyclic) bond motifs is 1. The van der Waals surface area contributed by atoms with Crippen molar-refractivity contribution >= 4 is 28.8 Å². The smallest absolute Gasteiger partial charge is 0.275 e. The van der Waals surface area contributed by atoms with E-state index in [0.717, 1.165) is 5.56 Å². The van der Waals surface area contributed by atoms with Crippen LogP contribution in [0.3, 0.4) is 0 Å². The van der Waals surface area contributed by atoms with Gasteiger partial charge in [-0.2, -0.15) is 0 Å². The van der Waals surface area contributed by atoms with Crippen LogP contribution in [0.5, 0.6) is 0 Å². The van der Waals surface area contributed by atoms with Crippen molar-refractivity contribution in [3.05, 3.63) is 59.9 Å². The van der Waals surface area contributed by atoms with Crippen molar-refractivity contribution in [1.29, 1.82) is 0 Å². The van der Waals surface area contributed by atoms with Crippen molar-refractivity contribution < 1.29 is 4.79 Å². The minimum atomic E-state index is -0.100. The Labute approximate surface area is 122 Å². The first kappa shape index (κ1) is 12.7.